The first-order valence-corrected chi connectivity index (χ1v) is 7.39. The minimum atomic E-state index is 0.833. The van der Waals surface area contributed by atoms with Gasteiger partial charge in [0, 0.05) is 13.0 Å². The van der Waals surface area contributed by atoms with E-state index in [-0.39, 0.29) is 0 Å². The fraction of sp³-hybridized carbons (Fsp3) is 0.438. The smallest absolute Gasteiger partial charge is 0.170 e. The molecular weight excluding hydrogens is 266 g/mol. The van der Waals surface area contributed by atoms with Crippen LogP contribution in [0.2, 0.25) is 0 Å². The molecule has 0 atom stereocenters. The van der Waals surface area contributed by atoms with Crippen LogP contribution in [0.25, 0.3) is 17.2 Å². The van der Waals surface area contributed by atoms with Gasteiger partial charge in [0.15, 0.2) is 5.82 Å². The van der Waals surface area contributed by atoms with Crippen LogP contribution in [0.5, 0.6) is 5.75 Å². The molecular formula is C16H20N3O2+. The van der Waals surface area contributed by atoms with E-state index in [1.807, 2.05) is 12.1 Å². The van der Waals surface area contributed by atoms with Gasteiger partial charge in [0.05, 0.1) is 37.6 Å². The Labute approximate surface area is 124 Å². The summed E-state index contributed by atoms with van der Waals surface area (Å²) in [5.41, 5.74) is 3.54. The van der Waals surface area contributed by atoms with Gasteiger partial charge in [-0.05, 0) is 12.1 Å². The van der Waals surface area contributed by atoms with Crippen molar-refractivity contribution in [2.45, 2.75) is 13.5 Å². The van der Waals surface area contributed by atoms with Crippen LogP contribution in [0.4, 0.5) is 0 Å². The maximum Gasteiger partial charge on any atom is 0.170 e. The lowest BCUT2D eigenvalue weighted by atomic mass is 10.2. The van der Waals surface area contributed by atoms with E-state index in [9.17, 15) is 0 Å². The average Bonchev–Trinajstić information content (AvgIpc) is 2.85. The molecule has 0 unspecified atom stereocenters. The minimum Gasteiger partial charge on any atom is -0.497 e. The Balaban J connectivity index is 1.83. The molecule has 3 heterocycles. The second kappa shape index (κ2) is 4.58. The molecule has 1 aromatic carbocycles. The molecule has 0 bridgehead atoms. The average molecular weight is 286 g/mol. The molecule has 0 N–H and O–H groups in total. The van der Waals surface area contributed by atoms with Crippen molar-refractivity contribution < 1.29 is 14.0 Å². The summed E-state index contributed by atoms with van der Waals surface area (Å²) in [6.07, 6.45) is 2.24. The molecule has 2 aliphatic heterocycles. The lowest BCUT2D eigenvalue weighted by molar-refractivity contribution is -0.913. The quantitative estimate of drug-likeness (QED) is 0.754. The highest BCUT2D eigenvalue weighted by Crippen LogP contribution is 2.32. The van der Waals surface area contributed by atoms with Gasteiger partial charge in [0.25, 0.3) is 0 Å². The van der Waals surface area contributed by atoms with Gasteiger partial charge in [0.1, 0.15) is 31.1 Å². The molecule has 5 heteroatoms. The highest BCUT2D eigenvalue weighted by molar-refractivity contribution is 5.80. The number of ether oxygens (including phenoxy) is 2. The van der Waals surface area contributed by atoms with Gasteiger partial charge >= 0.3 is 0 Å². The Morgan fingerprint density at radius 1 is 1.29 bits per heavy atom. The maximum absolute atomic E-state index is 5.54. The SMILES string of the molecule is COc1ccc2c(c1)nc1n2C=C(C)[N+]2(CCOCC2)C1. The lowest BCUT2D eigenvalue weighted by Gasteiger charge is -2.42. The number of hydrogen-bond acceptors (Lipinski definition) is 3. The lowest BCUT2D eigenvalue weighted by Crippen LogP contribution is -2.54. The Morgan fingerprint density at radius 3 is 2.86 bits per heavy atom. The van der Waals surface area contributed by atoms with E-state index in [1.165, 1.54) is 5.70 Å². The monoisotopic (exact) mass is 286 g/mol. The summed E-state index contributed by atoms with van der Waals surface area (Å²) in [4.78, 5) is 4.83. The van der Waals surface area contributed by atoms with Gasteiger partial charge in [-0.1, -0.05) is 0 Å². The number of imidazole rings is 1. The predicted molar refractivity (Wildman–Crippen MR) is 80.7 cm³/mol. The molecule has 4 rings (SSSR count). The second-order valence-electron chi connectivity index (χ2n) is 5.89. The van der Waals surface area contributed by atoms with Crippen molar-refractivity contribution in [3.63, 3.8) is 0 Å². The number of aromatic nitrogens is 2. The third-order valence-electron chi connectivity index (χ3n) is 4.81. The van der Waals surface area contributed by atoms with E-state index >= 15 is 0 Å². The molecule has 21 heavy (non-hydrogen) atoms. The maximum atomic E-state index is 5.54. The first-order valence-electron chi connectivity index (χ1n) is 7.39. The van der Waals surface area contributed by atoms with Crippen molar-refractivity contribution in [3.8, 4) is 5.75 Å². The molecule has 1 saturated heterocycles. The summed E-state index contributed by atoms with van der Waals surface area (Å²) < 4.78 is 14.0. The zero-order valence-corrected chi connectivity index (χ0v) is 12.5. The number of quaternary nitrogens is 1. The van der Waals surface area contributed by atoms with E-state index in [4.69, 9.17) is 14.5 Å². The number of benzene rings is 1. The van der Waals surface area contributed by atoms with Gasteiger partial charge in [-0.15, -0.1) is 0 Å². The van der Waals surface area contributed by atoms with E-state index < -0.39 is 0 Å². The number of methoxy groups -OCH3 is 1. The zero-order chi connectivity index (χ0) is 14.4. The molecule has 1 fully saturated rings. The van der Waals surface area contributed by atoms with E-state index in [2.05, 4.69) is 23.8 Å². The van der Waals surface area contributed by atoms with Crippen LogP contribution in [0, 0.1) is 0 Å². The Kier molecular flexibility index (Phi) is 2.80. The summed E-state index contributed by atoms with van der Waals surface area (Å²) in [5.74, 6) is 1.99. The van der Waals surface area contributed by atoms with Crippen molar-refractivity contribution in [2.75, 3.05) is 33.4 Å². The molecule has 0 saturated carbocycles. The highest BCUT2D eigenvalue weighted by atomic mass is 16.5. The van der Waals surface area contributed by atoms with E-state index in [0.29, 0.717) is 0 Å². The summed E-state index contributed by atoms with van der Waals surface area (Å²) in [6, 6.07) is 6.09. The van der Waals surface area contributed by atoms with Crippen LogP contribution in [0.15, 0.2) is 23.9 Å². The third-order valence-corrected chi connectivity index (χ3v) is 4.81. The number of hydrogen-bond donors (Lipinski definition) is 0. The fourth-order valence-electron chi connectivity index (χ4n) is 3.42. The number of allylic oxidation sites excluding steroid dienone is 1. The number of morpholine rings is 1. The summed E-state index contributed by atoms with van der Waals surface area (Å²) in [5, 5.41) is 0. The topological polar surface area (TPSA) is 36.3 Å². The van der Waals surface area contributed by atoms with Gasteiger partial charge in [-0.2, -0.15) is 0 Å². The second-order valence-corrected chi connectivity index (χ2v) is 5.89. The van der Waals surface area contributed by atoms with Crippen molar-refractivity contribution in [3.05, 3.63) is 29.7 Å². The number of fused-ring (bicyclic) bond motifs is 3. The minimum absolute atomic E-state index is 0.833. The van der Waals surface area contributed by atoms with Crippen molar-refractivity contribution >= 4 is 17.2 Å². The Hall–Kier alpha value is -1.85. The summed E-state index contributed by atoms with van der Waals surface area (Å²) >= 11 is 0. The van der Waals surface area contributed by atoms with Crippen LogP contribution >= 0.6 is 0 Å². The highest BCUT2D eigenvalue weighted by Gasteiger charge is 2.37. The molecule has 2 aromatic rings. The van der Waals surface area contributed by atoms with Crippen LogP contribution < -0.4 is 4.74 Å². The molecule has 0 amide bonds. The van der Waals surface area contributed by atoms with Crippen molar-refractivity contribution in [1.29, 1.82) is 0 Å². The van der Waals surface area contributed by atoms with Gasteiger partial charge in [-0.25, -0.2) is 4.98 Å². The summed E-state index contributed by atoms with van der Waals surface area (Å²) in [7, 11) is 1.69. The Bertz CT molecular complexity index is 726. The standard InChI is InChI=1S/C16H20N3O2/c1-12-10-18-15-4-3-13(20-2)9-14(15)17-16(18)11-19(12)5-7-21-8-6-19/h3-4,9-10H,5-8,11H2,1-2H3/q+1. The molecule has 2 aliphatic rings. The van der Waals surface area contributed by atoms with E-state index in [0.717, 1.165) is 59.9 Å². The van der Waals surface area contributed by atoms with Crippen LogP contribution in [-0.2, 0) is 11.3 Å². The van der Waals surface area contributed by atoms with Crippen molar-refractivity contribution in [2.24, 2.45) is 0 Å². The van der Waals surface area contributed by atoms with Gasteiger partial charge in [0.2, 0.25) is 0 Å². The summed E-state index contributed by atoms with van der Waals surface area (Å²) in [6.45, 7) is 6.91. The Morgan fingerprint density at radius 2 is 2.10 bits per heavy atom. The van der Waals surface area contributed by atoms with Gasteiger partial charge < -0.3 is 9.47 Å². The molecule has 1 aromatic heterocycles. The van der Waals surface area contributed by atoms with Crippen LogP contribution in [0.1, 0.15) is 12.7 Å². The third kappa shape index (κ3) is 1.88. The zero-order valence-electron chi connectivity index (χ0n) is 12.5. The van der Waals surface area contributed by atoms with E-state index in [1.54, 1.807) is 7.11 Å². The largest absolute Gasteiger partial charge is 0.497 e. The first-order chi connectivity index (χ1) is 10.2. The normalized spacial score (nSPS) is 20.4. The van der Waals surface area contributed by atoms with Gasteiger partial charge in [-0.3, -0.25) is 9.05 Å². The van der Waals surface area contributed by atoms with Crippen LogP contribution in [-0.4, -0.2) is 47.4 Å². The fourth-order valence-corrected chi connectivity index (χ4v) is 3.42. The van der Waals surface area contributed by atoms with Crippen molar-refractivity contribution in [1.82, 2.24) is 9.55 Å². The van der Waals surface area contributed by atoms with Crippen LogP contribution in [0.3, 0.4) is 0 Å². The molecule has 110 valence electrons. The molecule has 1 spiro atoms. The number of rotatable bonds is 1. The molecule has 5 nitrogen and oxygen atoms in total. The molecule has 0 radical (unpaired) electrons. The number of nitrogens with zero attached hydrogens (tertiary/aromatic N) is 3. The first kappa shape index (κ1) is 12.9. The predicted octanol–water partition coefficient (Wildman–Crippen LogP) is 2.22. The molecule has 0 aliphatic carbocycles.